The number of thiol groups is 1. The summed E-state index contributed by atoms with van der Waals surface area (Å²) in [7, 11) is 0. The van der Waals surface area contributed by atoms with E-state index in [0.717, 1.165) is 44.9 Å². The van der Waals surface area contributed by atoms with E-state index in [4.69, 9.17) is 0 Å². The number of carboxylic acid groups (broad SMARTS) is 1. The largest absolute Gasteiger partial charge is 0.480 e. The summed E-state index contributed by atoms with van der Waals surface area (Å²) < 4.78 is -0.987. The molecule has 0 heterocycles. The highest BCUT2D eigenvalue weighted by Gasteiger charge is 2.63. The van der Waals surface area contributed by atoms with Crippen LogP contribution >= 0.6 is 12.6 Å². The van der Waals surface area contributed by atoms with E-state index in [2.05, 4.69) is 33.4 Å². The van der Waals surface area contributed by atoms with Crippen molar-refractivity contribution in [2.24, 2.45) is 46.3 Å². The van der Waals surface area contributed by atoms with Crippen LogP contribution in [0.4, 0.5) is 0 Å². The van der Waals surface area contributed by atoms with E-state index >= 15 is 0 Å². The molecule has 0 amide bonds. The second-order valence-electron chi connectivity index (χ2n) is 12.2. The number of carboxylic acids is 1. The molecule has 0 saturated heterocycles. The Bertz CT molecular complexity index is 680. The lowest BCUT2D eigenvalue weighted by Gasteiger charge is -2.62. The van der Waals surface area contributed by atoms with Crippen molar-refractivity contribution in [3.05, 3.63) is 0 Å². The van der Waals surface area contributed by atoms with E-state index in [-0.39, 0.29) is 23.0 Å². The van der Waals surface area contributed by atoms with Crippen molar-refractivity contribution in [2.45, 2.75) is 102 Å². The van der Waals surface area contributed by atoms with Crippen LogP contribution in [-0.2, 0) is 4.79 Å². The first-order chi connectivity index (χ1) is 13.9. The predicted molar refractivity (Wildman–Crippen MR) is 121 cm³/mol. The molecular formula is C25H42O4S. The third-order valence-electron chi connectivity index (χ3n) is 10.6. The summed E-state index contributed by atoms with van der Waals surface area (Å²) in [6.45, 7) is 8.83. The summed E-state index contributed by atoms with van der Waals surface area (Å²) in [4.78, 5) is 11.6. The van der Waals surface area contributed by atoms with Gasteiger partial charge in [-0.15, -0.1) is 0 Å². The monoisotopic (exact) mass is 438 g/mol. The van der Waals surface area contributed by atoms with Crippen molar-refractivity contribution in [1.29, 1.82) is 0 Å². The Morgan fingerprint density at radius 2 is 1.70 bits per heavy atom. The maximum absolute atomic E-state index is 11.6. The van der Waals surface area contributed by atoms with Crippen LogP contribution in [0.5, 0.6) is 0 Å². The Labute approximate surface area is 187 Å². The van der Waals surface area contributed by atoms with E-state index < -0.39 is 10.7 Å². The summed E-state index contributed by atoms with van der Waals surface area (Å²) >= 11 is 4.46. The smallest absolute Gasteiger partial charge is 0.319 e. The average Bonchev–Trinajstić information content (AvgIpc) is 3.00. The molecule has 4 aliphatic carbocycles. The van der Waals surface area contributed by atoms with Crippen LogP contribution in [0.25, 0.3) is 0 Å². The maximum atomic E-state index is 11.6. The minimum Gasteiger partial charge on any atom is -0.480 e. The molecule has 3 N–H and O–H groups in total. The molecule has 0 aromatic carbocycles. The number of hydrogen-bond donors (Lipinski definition) is 4. The Morgan fingerprint density at radius 1 is 1.07 bits per heavy atom. The second kappa shape index (κ2) is 7.66. The molecule has 4 aliphatic rings. The molecule has 5 heteroatoms. The zero-order valence-electron chi connectivity index (χ0n) is 19.2. The highest BCUT2D eigenvalue weighted by Crippen LogP contribution is 2.68. The van der Waals surface area contributed by atoms with Gasteiger partial charge in [-0.2, -0.15) is 12.6 Å². The van der Waals surface area contributed by atoms with Gasteiger partial charge in [-0.3, -0.25) is 4.79 Å². The summed E-state index contributed by atoms with van der Waals surface area (Å²) in [5.74, 6) is 1.86. The van der Waals surface area contributed by atoms with Gasteiger partial charge in [-0.05, 0) is 111 Å². The molecule has 0 aromatic heterocycles. The standard InChI is InChI=1S/C25H42O4S/c1-14(13-25(4,30)22(28)29)17-5-6-18-21-19(8-10-24(17,18)3)23(2)9-7-16(26)11-15(23)12-20(21)27/h14-21,26-27,30H,5-13H2,1-4H3,(H,28,29). The number of aliphatic hydroxyl groups is 2. The molecule has 4 saturated carbocycles. The van der Waals surface area contributed by atoms with E-state index in [1.807, 2.05) is 0 Å². The zero-order chi connectivity index (χ0) is 22.1. The van der Waals surface area contributed by atoms with Crippen molar-refractivity contribution in [1.82, 2.24) is 0 Å². The average molecular weight is 439 g/mol. The van der Waals surface area contributed by atoms with Crippen LogP contribution in [0.3, 0.4) is 0 Å². The lowest BCUT2D eigenvalue weighted by Crippen LogP contribution is -2.58. The molecule has 4 nitrogen and oxygen atoms in total. The number of hydrogen-bond acceptors (Lipinski definition) is 4. The molecule has 4 fully saturated rings. The minimum absolute atomic E-state index is 0.182. The third kappa shape index (κ3) is 3.46. The molecule has 0 aliphatic heterocycles. The summed E-state index contributed by atoms with van der Waals surface area (Å²) in [6, 6.07) is 0. The van der Waals surface area contributed by atoms with Gasteiger partial charge in [-0.1, -0.05) is 20.8 Å². The highest BCUT2D eigenvalue weighted by atomic mass is 32.1. The molecule has 0 radical (unpaired) electrons. The van der Waals surface area contributed by atoms with Crippen LogP contribution < -0.4 is 0 Å². The number of carbonyl (C=O) groups is 1. The fourth-order valence-electron chi connectivity index (χ4n) is 9.03. The number of aliphatic hydroxyl groups excluding tert-OH is 2. The Balaban J connectivity index is 1.56. The van der Waals surface area contributed by atoms with Crippen molar-refractivity contribution in [2.75, 3.05) is 0 Å². The summed E-state index contributed by atoms with van der Waals surface area (Å²) in [5, 5.41) is 31.1. The molecule has 4 rings (SSSR count). The van der Waals surface area contributed by atoms with Gasteiger partial charge in [0.15, 0.2) is 0 Å². The summed E-state index contributed by atoms with van der Waals surface area (Å²) in [6.07, 6.45) is 8.48. The van der Waals surface area contributed by atoms with E-state index in [1.165, 1.54) is 6.42 Å². The van der Waals surface area contributed by atoms with E-state index in [9.17, 15) is 20.1 Å². The second-order valence-corrected chi connectivity index (χ2v) is 13.2. The van der Waals surface area contributed by atoms with Crippen molar-refractivity contribution < 1.29 is 20.1 Å². The fraction of sp³-hybridized carbons (Fsp3) is 0.960. The van der Waals surface area contributed by atoms with Crippen molar-refractivity contribution >= 4 is 18.6 Å². The highest BCUT2D eigenvalue weighted by molar-refractivity contribution is 7.82. The molecule has 11 unspecified atom stereocenters. The van der Waals surface area contributed by atoms with Gasteiger partial charge in [0.25, 0.3) is 0 Å². The van der Waals surface area contributed by atoms with Gasteiger partial charge < -0.3 is 15.3 Å². The molecular weight excluding hydrogens is 396 g/mol. The van der Waals surface area contributed by atoms with Crippen LogP contribution in [-0.4, -0.2) is 38.2 Å². The molecule has 11 atom stereocenters. The molecule has 30 heavy (non-hydrogen) atoms. The third-order valence-corrected chi connectivity index (χ3v) is 11.0. The lowest BCUT2D eigenvalue weighted by atomic mass is 9.43. The van der Waals surface area contributed by atoms with Crippen LogP contribution in [0, 0.1) is 46.3 Å². The van der Waals surface area contributed by atoms with Crippen LogP contribution in [0.15, 0.2) is 0 Å². The Kier molecular flexibility index (Phi) is 5.85. The van der Waals surface area contributed by atoms with Gasteiger partial charge in [-0.25, -0.2) is 0 Å². The number of fused-ring (bicyclic) bond motifs is 5. The van der Waals surface area contributed by atoms with Crippen molar-refractivity contribution in [3.63, 3.8) is 0 Å². The van der Waals surface area contributed by atoms with Crippen molar-refractivity contribution in [3.8, 4) is 0 Å². The topological polar surface area (TPSA) is 77.8 Å². The van der Waals surface area contributed by atoms with Gasteiger partial charge in [0.1, 0.15) is 4.75 Å². The minimum atomic E-state index is -0.987. The van der Waals surface area contributed by atoms with Crippen LogP contribution in [0.2, 0.25) is 0 Å². The molecule has 172 valence electrons. The van der Waals surface area contributed by atoms with Gasteiger partial charge >= 0.3 is 5.97 Å². The van der Waals surface area contributed by atoms with Crippen LogP contribution in [0.1, 0.15) is 85.5 Å². The Morgan fingerprint density at radius 3 is 2.37 bits per heavy atom. The predicted octanol–water partition coefficient (Wildman–Crippen LogP) is 4.78. The summed E-state index contributed by atoms with van der Waals surface area (Å²) in [5.41, 5.74) is 0.433. The quantitative estimate of drug-likeness (QED) is 0.477. The molecule has 0 aromatic rings. The fourth-order valence-corrected chi connectivity index (χ4v) is 9.32. The molecule has 0 bridgehead atoms. The number of rotatable bonds is 4. The molecule has 0 spiro atoms. The SMILES string of the molecule is CC(CC(C)(S)C(=O)O)C1CCC2C3C(O)CC4CC(O)CCC4(C)C3CCC12C. The lowest BCUT2D eigenvalue weighted by molar-refractivity contribution is -0.174. The first-order valence-corrected chi connectivity index (χ1v) is 12.7. The van der Waals surface area contributed by atoms with Gasteiger partial charge in [0.05, 0.1) is 12.2 Å². The first kappa shape index (κ1) is 22.9. The van der Waals surface area contributed by atoms with Gasteiger partial charge in [0.2, 0.25) is 0 Å². The normalized spacial score (nSPS) is 51.2. The number of aliphatic carboxylic acids is 1. The first-order valence-electron chi connectivity index (χ1n) is 12.2. The van der Waals surface area contributed by atoms with E-state index in [0.29, 0.717) is 41.9 Å². The zero-order valence-corrected chi connectivity index (χ0v) is 20.1. The maximum Gasteiger partial charge on any atom is 0.319 e. The van der Waals surface area contributed by atoms with E-state index in [1.54, 1.807) is 6.92 Å². The van der Waals surface area contributed by atoms with Gasteiger partial charge in [0, 0.05) is 0 Å². The Hall–Kier alpha value is -0.260.